The first-order valence-corrected chi connectivity index (χ1v) is 6.42. The summed E-state index contributed by atoms with van der Waals surface area (Å²) in [4.78, 5) is 11.8. The van der Waals surface area contributed by atoms with Crippen LogP contribution in [0, 0.1) is 19.7 Å². The minimum absolute atomic E-state index is 0.140. The summed E-state index contributed by atoms with van der Waals surface area (Å²) < 4.78 is 13.0. The van der Waals surface area contributed by atoms with Crippen LogP contribution in [0.25, 0.3) is 0 Å². The van der Waals surface area contributed by atoms with Gasteiger partial charge in [0.1, 0.15) is 5.82 Å². The van der Waals surface area contributed by atoms with Gasteiger partial charge >= 0.3 is 0 Å². The van der Waals surface area contributed by atoms with Crippen LogP contribution in [0.4, 0.5) is 15.8 Å². The average molecular weight is 272 g/mol. The molecule has 2 N–H and O–H groups in total. The van der Waals surface area contributed by atoms with Crippen molar-refractivity contribution in [3.63, 3.8) is 0 Å². The fourth-order valence-corrected chi connectivity index (χ4v) is 1.89. The number of amides is 1. The van der Waals surface area contributed by atoms with Gasteiger partial charge in [-0.3, -0.25) is 4.79 Å². The molecule has 2 rings (SSSR count). The van der Waals surface area contributed by atoms with Crippen molar-refractivity contribution >= 4 is 17.3 Å². The average Bonchev–Trinajstić information content (AvgIpc) is 2.40. The van der Waals surface area contributed by atoms with E-state index in [1.165, 1.54) is 17.7 Å². The van der Waals surface area contributed by atoms with Gasteiger partial charge in [0.15, 0.2) is 0 Å². The van der Waals surface area contributed by atoms with Gasteiger partial charge in [-0.1, -0.05) is 18.2 Å². The largest absolute Gasteiger partial charge is 0.376 e. The molecule has 0 spiro atoms. The van der Waals surface area contributed by atoms with Crippen molar-refractivity contribution in [2.24, 2.45) is 0 Å². The third-order valence-electron chi connectivity index (χ3n) is 3.15. The van der Waals surface area contributed by atoms with E-state index in [0.29, 0.717) is 5.69 Å². The summed E-state index contributed by atoms with van der Waals surface area (Å²) in [5.41, 5.74) is 3.67. The van der Waals surface area contributed by atoms with E-state index < -0.39 is 0 Å². The van der Waals surface area contributed by atoms with Crippen LogP contribution in [0.1, 0.15) is 11.1 Å². The van der Waals surface area contributed by atoms with E-state index in [9.17, 15) is 9.18 Å². The van der Waals surface area contributed by atoms with E-state index >= 15 is 0 Å². The standard InChI is InChI=1S/C16H17FN2O/c1-11-5-3-8-15(12(11)2)18-10-16(20)19-14-7-4-6-13(17)9-14/h3-9,18H,10H2,1-2H3,(H,19,20). The molecule has 4 heteroatoms. The van der Waals surface area contributed by atoms with Crippen LogP contribution in [0.5, 0.6) is 0 Å². The number of hydrogen-bond acceptors (Lipinski definition) is 2. The summed E-state index contributed by atoms with van der Waals surface area (Å²) in [6.07, 6.45) is 0. The number of nitrogens with one attached hydrogen (secondary N) is 2. The maximum Gasteiger partial charge on any atom is 0.243 e. The highest BCUT2D eigenvalue weighted by Crippen LogP contribution is 2.17. The van der Waals surface area contributed by atoms with Gasteiger partial charge < -0.3 is 10.6 Å². The smallest absolute Gasteiger partial charge is 0.243 e. The third-order valence-corrected chi connectivity index (χ3v) is 3.15. The molecule has 0 saturated carbocycles. The fraction of sp³-hybridized carbons (Fsp3) is 0.188. The van der Waals surface area contributed by atoms with Crippen LogP contribution < -0.4 is 10.6 Å². The van der Waals surface area contributed by atoms with Crippen LogP contribution in [0.2, 0.25) is 0 Å². The Morgan fingerprint density at radius 1 is 1.15 bits per heavy atom. The molecule has 0 aromatic heterocycles. The molecule has 2 aromatic rings. The quantitative estimate of drug-likeness (QED) is 0.894. The van der Waals surface area contributed by atoms with Gasteiger partial charge in [0.25, 0.3) is 0 Å². The number of carbonyl (C=O) groups is 1. The lowest BCUT2D eigenvalue weighted by atomic mass is 10.1. The molecule has 3 nitrogen and oxygen atoms in total. The Kier molecular flexibility index (Phi) is 4.35. The number of halogens is 1. The lowest BCUT2D eigenvalue weighted by Crippen LogP contribution is -2.22. The number of anilines is 2. The van der Waals surface area contributed by atoms with Crippen molar-refractivity contribution in [2.45, 2.75) is 13.8 Å². The van der Waals surface area contributed by atoms with Gasteiger partial charge in [-0.15, -0.1) is 0 Å². The van der Waals surface area contributed by atoms with Gasteiger partial charge in [0, 0.05) is 11.4 Å². The minimum Gasteiger partial charge on any atom is -0.376 e. The van der Waals surface area contributed by atoms with E-state index in [1.54, 1.807) is 12.1 Å². The van der Waals surface area contributed by atoms with E-state index in [0.717, 1.165) is 11.3 Å². The van der Waals surface area contributed by atoms with Crippen molar-refractivity contribution < 1.29 is 9.18 Å². The molecule has 0 unspecified atom stereocenters. The van der Waals surface area contributed by atoms with Crippen molar-refractivity contribution in [2.75, 3.05) is 17.2 Å². The first kappa shape index (κ1) is 14.1. The van der Waals surface area contributed by atoms with Crippen molar-refractivity contribution in [3.8, 4) is 0 Å². The van der Waals surface area contributed by atoms with Crippen LogP contribution >= 0.6 is 0 Å². The van der Waals surface area contributed by atoms with Crippen LogP contribution in [0.15, 0.2) is 42.5 Å². The number of benzene rings is 2. The fourth-order valence-electron chi connectivity index (χ4n) is 1.89. The molecular formula is C16H17FN2O. The zero-order valence-corrected chi connectivity index (χ0v) is 11.5. The molecule has 0 bridgehead atoms. The Morgan fingerprint density at radius 2 is 1.90 bits per heavy atom. The number of aryl methyl sites for hydroxylation is 1. The summed E-state index contributed by atoms with van der Waals surface area (Å²) in [7, 11) is 0. The molecule has 0 heterocycles. The zero-order chi connectivity index (χ0) is 14.5. The second-order valence-corrected chi connectivity index (χ2v) is 4.66. The molecule has 0 aliphatic rings. The van der Waals surface area contributed by atoms with Crippen LogP contribution in [-0.2, 0) is 4.79 Å². The molecule has 0 atom stereocenters. The van der Waals surface area contributed by atoms with Crippen LogP contribution in [-0.4, -0.2) is 12.5 Å². The second kappa shape index (κ2) is 6.19. The topological polar surface area (TPSA) is 41.1 Å². The van der Waals surface area contributed by atoms with E-state index in [1.807, 2.05) is 32.0 Å². The first-order chi connectivity index (χ1) is 9.56. The van der Waals surface area contributed by atoms with Crippen molar-refractivity contribution in [3.05, 3.63) is 59.4 Å². The predicted molar refractivity (Wildman–Crippen MR) is 79.4 cm³/mol. The van der Waals surface area contributed by atoms with Gasteiger partial charge in [-0.05, 0) is 49.2 Å². The summed E-state index contributed by atoms with van der Waals surface area (Å²) in [6.45, 7) is 4.16. The number of rotatable bonds is 4. The minimum atomic E-state index is -0.370. The van der Waals surface area contributed by atoms with Gasteiger partial charge in [0.05, 0.1) is 6.54 Å². The normalized spacial score (nSPS) is 10.2. The molecule has 0 radical (unpaired) electrons. The second-order valence-electron chi connectivity index (χ2n) is 4.66. The Balaban J connectivity index is 1.94. The monoisotopic (exact) mass is 272 g/mol. The zero-order valence-electron chi connectivity index (χ0n) is 11.5. The Bertz CT molecular complexity index is 626. The Labute approximate surface area is 117 Å². The van der Waals surface area contributed by atoms with Crippen molar-refractivity contribution in [1.29, 1.82) is 0 Å². The highest BCUT2D eigenvalue weighted by Gasteiger charge is 2.05. The Hall–Kier alpha value is -2.36. The number of carbonyl (C=O) groups excluding carboxylic acids is 1. The van der Waals surface area contributed by atoms with Gasteiger partial charge in [0.2, 0.25) is 5.91 Å². The predicted octanol–water partition coefficient (Wildman–Crippen LogP) is 3.49. The lowest BCUT2D eigenvalue weighted by molar-refractivity contribution is -0.114. The van der Waals surface area contributed by atoms with E-state index in [4.69, 9.17) is 0 Å². The Morgan fingerprint density at radius 3 is 2.65 bits per heavy atom. The number of hydrogen-bond donors (Lipinski definition) is 2. The van der Waals surface area contributed by atoms with Gasteiger partial charge in [-0.25, -0.2) is 4.39 Å². The maximum absolute atomic E-state index is 13.0. The molecule has 104 valence electrons. The summed E-state index contributed by atoms with van der Waals surface area (Å²) in [5.74, 6) is -0.582. The first-order valence-electron chi connectivity index (χ1n) is 6.42. The summed E-state index contributed by atoms with van der Waals surface area (Å²) in [6, 6.07) is 11.7. The SMILES string of the molecule is Cc1cccc(NCC(=O)Nc2cccc(F)c2)c1C. The van der Waals surface area contributed by atoms with E-state index in [2.05, 4.69) is 10.6 Å². The molecule has 20 heavy (non-hydrogen) atoms. The molecule has 0 fully saturated rings. The highest BCUT2D eigenvalue weighted by atomic mass is 19.1. The molecule has 2 aromatic carbocycles. The molecule has 0 aliphatic heterocycles. The molecule has 1 amide bonds. The maximum atomic E-state index is 13.0. The van der Waals surface area contributed by atoms with E-state index in [-0.39, 0.29) is 18.3 Å². The molecule has 0 aliphatic carbocycles. The summed E-state index contributed by atoms with van der Waals surface area (Å²) in [5, 5.41) is 5.73. The molecular weight excluding hydrogens is 255 g/mol. The van der Waals surface area contributed by atoms with Gasteiger partial charge in [-0.2, -0.15) is 0 Å². The van der Waals surface area contributed by atoms with Crippen LogP contribution in [0.3, 0.4) is 0 Å². The third kappa shape index (κ3) is 3.57. The lowest BCUT2D eigenvalue weighted by Gasteiger charge is -2.11. The summed E-state index contributed by atoms with van der Waals surface area (Å²) >= 11 is 0. The molecule has 0 saturated heterocycles. The van der Waals surface area contributed by atoms with Crippen molar-refractivity contribution in [1.82, 2.24) is 0 Å². The highest BCUT2D eigenvalue weighted by molar-refractivity contribution is 5.93.